The Hall–Kier alpha value is -8.20. The summed E-state index contributed by atoms with van der Waals surface area (Å²) < 4.78 is 0. The molecule has 5 aliphatic carbocycles. The highest BCUT2D eigenvalue weighted by molar-refractivity contribution is 5.92. The van der Waals surface area contributed by atoms with Crippen molar-refractivity contribution in [1.29, 1.82) is 0 Å². The number of benzene rings is 10. The number of anilines is 6. The molecule has 1 unspecified atom stereocenters. The minimum absolute atomic E-state index is 0.119. The maximum absolute atomic E-state index is 2.63. The van der Waals surface area contributed by atoms with Crippen LogP contribution in [-0.2, 0) is 32.5 Å². The van der Waals surface area contributed by atoms with Gasteiger partial charge in [0.1, 0.15) is 0 Å². The second kappa shape index (κ2) is 16.5. The second-order valence-corrected chi connectivity index (χ2v) is 26.9. The standard InChI is InChI=1S/C78H70N2/c1-73(2)47-78(11,48-22-20-23-49(42-48)79(50-34-38-58-54-24-12-16-28-62(54)74(3,4)67(58)43-50)51-35-39-59-55-25-13-17-29-63(55)75(5,6)68(59)44-51)72-66(73)32-21-33-71(72)80(52-36-40-60-56-26-14-18-30-64(56)76(7,8)69(60)45-52)53-37-41-61-57-27-15-19-31-65(57)77(9,10)70(61)46-53/h12-46H,47H2,1-11H3. The van der Waals surface area contributed by atoms with Gasteiger partial charge in [0.2, 0.25) is 0 Å². The highest BCUT2D eigenvalue weighted by Crippen LogP contribution is 2.61. The van der Waals surface area contributed by atoms with Gasteiger partial charge in [0.15, 0.2) is 0 Å². The summed E-state index contributed by atoms with van der Waals surface area (Å²) in [5.41, 5.74) is 31.8. The lowest BCUT2D eigenvalue weighted by atomic mass is 9.74. The van der Waals surface area contributed by atoms with Crippen molar-refractivity contribution in [3.05, 3.63) is 274 Å². The highest BCUT2D eigenvalue weighted by Gasteiger charge is 2.49. The van der Waals surface area contributed by atoms with E-state index in [1.807, 2.05) is 0 Å². The Balaban J connectivity index is 0.926. The molecule has 0 saturated carbocycles. The summed E-state index contributed by atoms with van der Waals surface area (Å²) >= 11 is 0. The van der Waals surface area contributed by atoms with Crippen LogP contribution in [0.25, 0.3) is 44.5 Å². The summed E-state index contributed by atoms with van der Waals surface area (Å²) in [6, 6.07) is 82.0. The Morgan fingerprint density at radius 1 is 0.263 bits per heavy atom. The quantitative estimate of drug-likeness (QED) is 0.157. The van der Waals surface area contributed by atoms with Crippen LogP contribution >= 0.6 is 0 Å². The maximum atomic E-state index is 2.63. The van der Waals surface area contributed by atoms with E-state index in [0.717, 1.165) is 12.1 Å². The van der Waals surface area contributed by atoms with E-state index in [-0.39, 0.29) is 32.5 Å². The van der Waals surface area contributed by atoms with Gasteiger partial charge >= 0.3 is 0 Å². The van der Waals surface area contributed by atoms with Gasteiger partial charge in [0.25, 0.3) is 0 Å². The molecule has 0 bridgehead atoms. The number of hydrogen-bond donors (Lipinski definition) is 0. The molecule has 0 amide bonds. The van der Waals surface area contributed by atoms with Gasteiger partial charge < -0.3 is 9.80 Å². The highest BCUT2D eigenvalue weighted by atomic mass is 15.2. The van der Waals surface area contributed by atoms with Crippen molar-refractivity contribution >= 4 is 34.1 Å². The van der Waals surface area contributed by atoms with E-state index in [2.05, 4.69) is 298 Å². The summed E-state index contributed by atoms with van der Waals surface area (Å²) in [5.74, 6) is 0. The molecule has 2 heteroatoms. The lowest BCUT2D eigenvalue weighted by Gasteiger charge is -2.36. The number of hydrogen-bond acceptors (Lipinski definition) is 2. The first-order chi connectivity index (χ1) is 38.3. The Morgan fingerprint density at radius 2 is 0.575 bits per heavy atom. The van der Waals surface area contributed by atoms with Crippen molar-refractivity contribution in [3.8, 4) is 44.5 Å². The summed E-state index contributed by atoms with van der Waals surface area (Å²) in [6.07, 6.45) is 0.958. The minimum atomic E-state index is -0.378. The molecule has 10 aromatic carbocycles. The Bertz CT molecular complexity index is 4080. The zero-order valence-electron chi connectivity index (χ0n) is 48.3. The summed E-state index contributed by atoms with van der Waals surface area (Å²) in [6.45, 7) is 26.7. The van der Waals surface area contributed by atoms with Crippen molar-refractivity contribution in [1.82, 2.24) is 0 Å². The number of nitrogens with zero attached hydrogens (tertiary/aromatic N) is 2. The predicted molar refractivity (Wildman–Crippen MR) is 337 cm³/mol. The van der Waals surface area contributed by atoms with Crippen LogP contribution in [0.15, 0.2) is 212 Å². The summed E-state index contributed by atoms with van der Waals surface area (Å²) in [4.78, 5) is 5.18. The van der Waals surface area contributed by atoms with E-state index in [1.165, 1.54) is 134 Å². The van der Waals surface area contributed by atoms with Crippen LogP contribution in [0, 0.1) is 0 Å². The monoisotopic (exact) mass is 1030 g/mol. The first-order valence-corrected chi connectivity index (χ1v) is 29.1. The molecule has 1 atom stereocenters. The van der Waals surface area contributed by atoms with Crippen molar-refractivity contribution in [2.24, 2.45) is 0 Å². The van der Waals surface area contributed by atoms with Crippen molar-refractivity contribution in [2.75, 3.05) is 9.80 Å². The van der Waals surface area contributed by atoms with Crippen LogP contribution < -0.4 is 9.80 Å². The Kier molecular flexibility index (Phi) is 10.1. The molecule has 0 radical (unpaired) electrons. The molecule has 80 heavy (non-hydrogen) atoms. The van der Waals surface area contributed by atoms with Gasteiger partial charge in [-0.05, 0) is 184 Å². The SMILES string of the molecule is CC1(C)CC(C)(c2cccc(N(c3ccc4c(c3)C(C)(C)c3ccccc3-4)c3ccc4c(c3)C(C)(C)c3ccccc3-4)c2)c2c(N(c3ccc4c(c3)C(C)(C)c3ccccc3-4)c3ccc4c(c3)C(C)(C)c3ccccc3-4)cccc21. The fourth-order valence-electron chi connectivity index (χ4n) is 16.4. The third-order valence-corrected chi connectivity index (χ3v) is 20.4. The molecule has 0 N–H and O–H groups in total. The molecule has 392 valence electrons. The Labute approximate surface area is 474 Å². The van der Waals surface area contributed by atoms with Gasteiger partial charge in [0, 0.05) is 55.5 Å². The third kappa shape index (κ3) is 6.60. The molecular formula is C78H70N2. The average molecular weight is 1040 g/mol. The van der Waals surface area contributed by atoms with Crippen LogP contribution in [0.4, 0.5) is 34.1 Å². The predicted octanol–water partition coefficient (Wildman–Crippen LogP) is 20.8. The molecule has 0 aliphatic heterocycles. The largest absolute Gasteiger partial charge is 0.310 e. The third-order valence-electron chi connectivity index (χ3n) is 20.4. The van der Waals surface area contributed by atoms with Crippen LogP contribution in [-0.4, -0.2) is 0 Å². The average Bonchev–Trinajstić information content (AvgIpc) is 4.32. The van der Waals surface area contributed by atoms with Gasteiger partial charge in [-0.2, -0.15) is 0 Å². The molecule has 0 aromatic heterocycles. The van der Waals surface area contributed by atoms with E-state index in [1.54, 1.807) is 0 Å². The minimum Gasteiger partial charge on any atom is -0.310 e. The molecule has 0 fully saturated rings. The van der Waals surface area contributed by atoms with Crippen molar-refractivity contribution < 1.29 is 0 Å². The van der Waals surface area contributed by atoms with Gasteiger partial charge in [-0.15, -0.1) is 0 Å². The van der Waals surface area contributed by atoms with Crippen LogP contribution in [0.5, 0.6) is 0 Å². The number of rotatable bonds is 7. The molecule has 0 heterocycles. The first kappa shape index (κ1) is 48.9. The van der Waals surface area contributed by atoms with E-state index < -0.39 is 0 Å². The number of fused-ring (bicyclic) bond motifs is 13. The fraction of sp³-hybridized carbons (Fsp3) is 0.231. The zero-order valence-corrected chi connectivity index (χ0v) is 48.3. The molecule has 0 saturated heterocycles. The van der Waals surface area contributed by atoms with Gasteiger partial charge in [0.05, 0.1) is 5.69 Å². The molecule has 10 aromatic rings. The molecule has 5 aliphatic rings. The van der Waals surface area contributed by atoms with E-state index in [4.69, 9.17) is 0 Å². The molecular weight excluding hydrogens is 965 g/mol. The van der Waals surface area contributed by atoms with Crippen LogP contribution in [0.2, 0.25) is 0 Å². The summed E-state index contributed by atoms with van der Waals surface area (Å²) in [5, 5.41) is 0. The van der Waals surface area contributed by atoms with Gasteiger partial charge in [-0.1, -0.05) is 222 Å². The van der Waals surface area contributed by atoms with Crippen LogP contribution in [0.3, 0.4) is 0 Å². The normalized spacial score (nSPS) is 18.7. The summed E-state index contributed by atoms with van der Waals surface area (Å²) in [7, 11) is 0. The van der Waals surface area contributed by atoms with Crippen LogP contribution in [0.1, 0.15) is 144 Å². The van der Waals surface area contributed by atoms with Crippen molar-refractivity contribution in [2.45, 2.75) is 115 Å². The molecule has 0 spiro atoms. The smallest absolute Gasteiger partial charge is 0.0505 e. The topological polar surface area (TPSA) is 6.48 Å². The lowest BCUT2D eigenvalue weighted by molar-refractivity contribution is 0.425. The van der Waals surface area contributed by atoms with E-state index in [9.17, 15) is 0 Å². The first-order valence-electron chi connectivity index (χ1n) is 29.1. The molecule has 15 rings (SSSR count). The maximum Gasteiger partial charge on any atom is 0.0505 e. The second-order valence-electron chi connectivity index (χ2n) is 26.9. The molecule has 2 nitrogen and oxygen atoms in total. The lowest BCUT2D eigenvalue weighted by Crippen LogP contribution is -2.26. The fourth-order valence-corrected chi connectivity index (χ4v) is 16.4. The van der Waals surface area contributed by atoms with Gasteiger partial charge in [-0.3, -0.25) is 0 Å². The Morgan fingerprint density at radius 3 is 0.963 bits per heavy atom. The van der Waals surface area contributed by atoms with E-state index in [0.29, 0.717) is 0 Å². The van der Waals surface area contributed by atoms with E-state index >= 15 is 0 Å². The van der Waals surface area contributed by atoms with Gasteiger partial charge in [-0.25, -0.2) is 0 Å². The zero-order chi connectivity index (χ0) is 55.0. The van der Waals surface area contributed by atoms with Crippen molar-refractivity contribution in [3.63, 3.8) is 0 Å².